The lowest BCUT2D eigenvalue weighted by Gasteiger charge is -2.32. The number of H-pyrrole nitrogens is 1. The Hall–Kier alpha value is -2.38. The number of carbonyl (C=O) groups is 1. The molecular formula is C18H24N4O3. The minimum atomic E-state index is -0.290. The summed E-state index contributed by atoms with van der Waals surface area (Å²) in [5.74, 6) is 0.901. The molecule has 1 aliphatic heterocycles. The summed E-state index contributed by atoms with van der Waals surface area (Å²) in [6.45, 7) is 5.19. The zero-order valence-corrected chi connectivity index (χ0v) is 14.4. The number of aromatic nitrogens is 2. The number of ether oxygens (including phenoxy) is 2. The second-order valence-corrected chi connectivity index (χ2v) is 6.10. The maximum absolute atomic E-state index is 12.2. The van der Waals surface area contributed by atoms with Crippen molar-refractivity contribution in [2.45, 2.75) is 26.2 Å². The average molecular weight is 344 g/mol. The second kappa shape index (κ2) is 8.64. The predicted octanol–water partition coefficient (Wildman–Crippen LogP) is 1.85. The number of nitrogens with one attached hydrogen (secondary N) is 2. The first-order valence-corrected chi connectivity index (χ1v) is 8.49. The molecule has 2 N–H and O–H groups in total. The summed E-state index contributed by atoms with van der Waals surface area (Å²) in [4.78, 5) is 21.3. The predicted molar refractivity (Wildman–Crippen MR) is 93.0 cm³/mol. The van der Waals surface area contributed by atoms with E-state index in [1.54, 1.807) is 4.90 Å². The van der Waals surface area contributed by atoms with Crippen molar-refractivity contribution < 1.29 is 14.3 Å². The molecule has 25 heavy (non-hydrogen) atoms. The van der Waals surface area contributed by atoms with Gasteiger partial charge in [-0.05, 0) is 12.5 Å². The van der Waals surface area contributed by atoms with Crippen LogP contribution in [0.2, 0.25) is 0 Å². The van der Waals surface area contributed by atoms with Gasteiger partial charge in [0.2, 0.25) is 0 Å². The second-order valence-electron chi connectivity index (χ2n) is 6.10. The number of benzene rings is 1. The van der Waals surface area contributed by atoms with Crippen LogP contribution in [0.4, 0.5) is 4.79 Å². The van der Waals surface area contributed by atoms with E-state index in [1.165, 1.54) is 0 Å². The van der Waals surface area contributed by atoms with Gasteiger partial charge >= 0.3 is 6.09 Å². The number of rotatable bonds is 6. The quantitative estimate of drug-likeness (QED) is 0.836. The van der Waals surface area contributed by atoms with E-state index in [-0.39, 0.29) is 12.2 Å². The third-order valence-electron chi connectivity index (χ3n) is 4.05. The lowest BCUT2D eigenvalue weighted by atomic mass is 10.2. The van der Waals surface area contributed by atoms with E-state index < -0.39 is 0 Å². The summed E-state index contributed by atoms with van der Waals surface area (Å²) in [6, 6.07) is 9.68. The van der Waals surface area contributed by atoms with Gasteiger partial charge in [-0.1, -0.05) is 30.3 Å². The molecule has 1 aromatic heterocycles. The number of morpholine rings is 1. The number of nitrogens with zero attached hydrogens (tertiary/aromatic N) is 2. The molecule has 0 spiro atoms. The highest BCUT2D eigenvalue weighted by molar-refractivity contribution is 5.67. The lowest BCUT2D eigenvalue weighted by Crippen LogP contribution is -2.49. The van der Waals surface area contributed by atoms with Gasteiger partial charge in [0.15, 0.2) is 0 Å². The van der Waals surface area contributed by atoms with Crippen molar-refractivity contribution in [1.82, 2.24) is 20.2 Å². The Morgan fingerprint density at radius 1 is 1.44 bits per heavy atom. The van der Waals surface area contributed by atoms with E-state index >= 15 is 0 Å². The van der Waals surface area contributed by atoms with Crippen LogP contribution in [-0.4, -0.2) is 53.3 Å². The van der Waals surface area contributed by atoms with Crippen molar-refractivity contribution in [3.05, 3.63) is 53.6 Å². The van der Waals surface area contributed by atoms with Crippen molar-refractivity contribution in [2.75, 3.05) is 26.2 Å². The van der Waals surface area contributed by atoms with Gasteiger partial charge in [0.25, 0.3) is 0 Å². The average Bonchev–Trinajstić information content (AvgIpc) is 3.06. The van der Waals surface area contributed by atoms with E-state index in [9.17, 15) is 4.79 Å². The number of aryl methyl sites for hydroxylation is 1. The Morgan fingerprint density at radius 3 is 3.04 bits per heavy atom. The smallest absolute Gasteiger partial charge is 0.410 e. The van der Waals surface area contributed by atoms with E-state index in [2.05, 4.69) is 15.3 Å². The molecule has 7 heteroatoms. The summed E-state index contributed by atoms with van der Waals surface area (Å²) in [5, 5.41) is 3.33. The van der Waals surface area contributed by atoms with E-state index in [0.717, 1.165) is 17.1 Å². The molecule has 7 nitrogen and oxygen atoms in total. The van der Waals surface area contributed by atoms with Crippen LogP contribution in [0.25, 0.3) is 0 Å². The molecule has 2 aromatic rings. The Kier molecular flexibility index (Phi) is 6.03. The number of amides is 1. The molecule has 1 aromatic carbocycles. The Morgan fingerprint density at radius 2 is 2.28 bits per heavy atom. The molecule has 1 saturated heterocycles. The lowest BCUT2D eigenvalue weighted by molar-refractivity contribution is -0.0271. The zero-order valence-electron chi connectivity index (χ0n) is 14.4. The highest BCUT2D eigenvalue weighted by Crippen LogP contribution is 2.09. The normalized spacial score (nSPS) is 17.5. The maximum atomic E-state index is 12.2. The van der Waals surface area contributed by atoms with Crippen molar-refractivity contribution in [3.8, 4) is 0 Å². The third kappa shape index (κ3) is 5.30. The highest BCUT2D eigenvalue weighted by Gasteiger charge is 2.25. The molecule has 0 aliphatic carbocycles. The third-order valence-corrected chi connectivity index (χ3v) is 4.05. The molecule has 0 saturated carbocycles. The molecule has 134 valence electrons. The van der Waals surface area contributed by atoms with Gasteiger partial charge in [0, 0.05) is 31.5 Å². The fourth-order valence-electron chi connectivity index (χ4n) is 2.75. The highest BCUT2D eigenvalue weighted by atomic mass is 16.6. The van der Waals surface area contributed by atoms with Gasteiger partial charge in [-0.25, -0.2) is 9.78 Å². The van der Waals surface area contributed by atoms with Gasteiger partial charge in [-0.3, -0.25) is 0 Å². The molecule has 0 radical (unpaired) electrons. The Balaban J connectivity index is 1.40. The Labute approximate surface area is 147 Å². The molecule has 1 atom stereocenters. The van der Waals surface area contributed by atoms with E-state index in [4.69, 9.17) is 9.47 Å². The largest absolute Gasteiger partial charge is 0.445 e. The van der Waals surface area contributed by atoms with Gasteiger partial charge in [0.05, 0.1) is 19.3 Å². The summed E-state index contributed by atoms with van der Waals surface area (Å²) in [6.07, 6.45) is 1.49. The molecule has 1 amide bonds. The molecule has 3 rings (SSSR count). The van der Waals surface area contributed by atoms with Gasteiger partial charge in [-0.2, -0.15) is 0 Å². The summed E-state index contributed by atoms with van der Waals surface area (Å²) < 4.78 is 11.1. The van der Waals surface area contributed by atoms with Gasteiger partial charge in [0.1, 0.15) is 12.4 Å². The standard InChI is InChI=1S/C18H24N4O3/c1-14-20-10-16(21-14)9-19-11-17-12-22(7-8-24-17)18(23)25-13-15-5-3-2-4-6-15/h2-6,10,17,19H,7-9,11-13H2,1H3,(H,20,21). The fraction of sp³-hybridized carbons (Fsp3) is 0.444. The zero-order chi connectivity index (χ0) is 17.5. The van der Waals surface area contributed by atoms with Crippen LogP contribution in [0.15, 0.2) is 36.5 Å². The minimum Gasteiger partial charge on any atom is -0.445 e. The number of hydrogen-bond donors (Lipinski definition) is 2. The van der Waals surface area contributed by atoms with Crippen LogP contribution in [0.1, 0.15) is 17.1 Å². The monoisotopic (exact) mass is 344 g/mol. The molecule has 0 bridgehead atoms. The van der Waals surface area contributed by atoms with Crippen molar-refractivity contribution >= 4 is 6.09 Å². The number of imidazole rings is 1. The number of carbonyl (C=O) groups excluding carboxylic acids is 1. The first-order valence-electron chi connectivity index (χ1n) is 8.49. The van der Waals surface area contributed by atoms with Crippen molar-refractivity contribution in [2.24, 2.45) is 0 Å². The molecule has 1 aliphatic rings. The van der Waals surface area contributed by atoms with Crippen LogP contribution >= 0.6 is 0 Å². The van der Waals surface area contributed by atoms with Crippen molar-refractivity contribution in [3.63, 3.8) is 0 Å². The Bertz CT molecular complexity index is 674. The maximum Gasteiger partial charge on any atom is 0.410 e. The first-order chi connectivity index (χ1) is 12.2. The van der Waals surface area contributed by atoms with Crippen LogP contribution in [0, 0.1) is 6.92 Å². The SMILES string of the molecule is Cc1ncc(CNCC2CN(C(=O)OCc3ccccc3)CCO2)[nH]1. The van der Waals surface area contributed by atoms with Crippen molar-refractivity contribution in [1.29, 1.82) is 0 Å². The fourth-order valence-corrected chi connectivity index (χ4v) is 2.75. The van der Waals surface area contributed by atoms with E-state index in [1.807, 2.05) is 43.5 Å². The van der Waals surface area contributed by atoms with Gasteiger partial charge < -0.3 is 24.7 Å². The summed E-state index contributed by atoms with van der Waals surface area (Å²) >= 11 is 0. The minimum absolute atomic E-state index is 0.0398. The molecule has 2 heterocycles. The number of hydrogen-bond acceptors (Lipinski definition) is 5. The number of aromatic amines is 1. The topological polar surface area (TPSA) is 79.5 Å². The van der Waals surface area contributed by atoms with Crippen LogP contribution in [0.3, 0.4) is 0 Å². The first kappa shape index (κ1) is 17.4. The molecular weight excluding hydrogens is 320 g/mol. The molecule has 1 unspecified atom stereocenters. The van der Waals surface area contributed by atoms with E-state index in [0.29, 0.717) is 39.4 Å². The van der Waals surface area contributed by atoms with Crippen LogP contribution in [-0.2, 0) is 22.6 Å². The van der Waals surface area contributed by atoms with Crippen LogP contribution < -0.4 is 5.32 Å². The van der Waals surface area contributed by atoms with Crippen LogP contribution in [0.5, 0.6) is 0 Å². The summed E-state index contributed by atoms with van der Waals surface area (Å²) in [7, 11) is 0. The van der Waals surface area contributed by atoms with Gasteiger partial charge in [-0.15, -0.1) is 0 Å². The summed E-state index contributed by atoms with van der Waals surface area (Å²) in [5.41, 5.74) is 2.02. The molecule has 1 fully saturated rings.